The molecule has 0 aliphatic rings. The summed E-state index contributed by atoms with van der Waals surface area (Å²) in [6, 6.07) is 8.12. The second-order valence-corrected chi connectivity index (χ2v) is 6.46. The number of hydrogen-bond donors (Lipinski definition) is 2. The van der Waals surface area contributed by atoms with Gasteiger partial charge in [-0.25, -0.2) is 8.42 Å². The molecule has 1 aromatic heterocycles. The van der Waals surface area contributed by atoms with Crippen molar-refractivity contribution in [2.45, 2.75) is 0 Å². The van der Waals surface area contributed by atoms with Gasteiger partial charge in [0.1, 0.15) is 0 Å². The maximum atomic E-state index is 11.0. The monoisotopic (exact) mass is 332 g/mol. The zero-order valence-electron chi connectivity index (χ0n) is 10.3. The van der Waals surface area contributed by atoms with Crippen molar-refractivity contribution in [3.8, 4) is 0 Å². The van der Waals surface area contributed by atoms with E-state index in [2.05, 4.69) is 20.2 Å². The minimum atomic E-state index is -3.38. The Kier molecular flexibility index (Phi) is 4.32. The van der Waals surface area contributed by atoms with E-state index in [0.717, 1.165) is 6.26 Å². The van der Waals surface area contributed by atoms with Crippen LogP contribution < -0.4 is 10.0 Å². The first-order chi connectivity index (χ1) is 9.35. The van der Waals surface area contributed by atoms with Gasteiger partial charge in [-0.3, -0.25) is 4.72 Å². The highest BCUT2D eigenvalue weighted by atomic mass is 35.5. The summed E-state index contributed by atoms with van der Waals surface area (Å²) in [6.45, 7) is 0. The van der Waals surface area contributed by atoms with Gasteiger partial charge >= 0.3 is 0 Å². The third kappa shape index (κ3) is 3.96. The lowest BCUT2D eigenvalue weighted by Crippen LogP contribution is -2.11. The van der Waals surface area contributed by atoms with Crippen LogP contribution >= 0.6 is 23.2 Å². The van der Waals surface area contributed by atoms with Gasteiger partial charge in [-0.1, -0.05) is 29.3 Å². The predicted octanol–water partition coefficient (Wildman–Crippen LogP) is 2.90. The van der Waals surface area contributed by atoms with E-state index in [4.69, 9.17) is 23.2 Å². The van der Waals surface area contributed by atoms with Crippen molar-refractivity contribution >= 4 is 50.5 Å². The van der Waals surface area contributed by atoms with E-state index in [0.29, 0.717) is 21.6 Å². The number of hydrogen-bond acceptors (Lipinski definition) is 5. The zero-order valence-corrected chi connectivity index (χ0v) is 12.6. The number of para-hydroxylation sites is 1. The number of sulfonamides is 1. The van der Waals surface area contributed by atoms with Crippen molar-refractivity contribution in [3.63, 3.8) is 0 Å². The Bertz CT molecular complexity index is 699. The van der Waals surface area contributed by atoms with Crippen LogP contribution in [0.4, 0.5) is 17.3 Å². The summed E-state index contributed by atoms with van der Waals surface area (Å²) < 4.78 is 24.3. The van der Waals surface area contributed by atoms with Crippen molar-refractivity contribution in [2.24, 2.45) is 0 Å². The molecule has 9 heteroatoms. The van der Waals surface area contributed by atoms with Crippen LogP contribution in [0.1, 0.15) is 0 Å². The molecule has 2 aromatic rings. The number of anilines is 3. The lowest BCUT2D eigenvalue weighted by atomic mass is 10.3. The van der Waals surface area contributed by atoms with E-state index in [-0.39, 0.29) is 5.82 Å². The van der Waals surface area contributed by atoms with E-state index < -0.39 is 10.0 Å². The lowest BCUT2D eigenvalue weighted by Gasteiger charge is -2.09. The molecule has 0 unspecified atom stereocenters. The number of rotatable bonds is 4. The summed E-state index contributed by atoms with van der Waals surface area (Å²) in [6.07, 6.45) is 1.03. The maximum Gasteiger partial charge on any atom is 0.231 e. The molecule has 106 valence electrons. The van der Waals surface area contributed by atoms with Gasteiger partial charge in [0.15, 0.2) is 11.6 Å². The Morgan fingerprint density at radius 2 is 1.55 bits per heavy atom. The maximum absolute atomic E-state index is 11.0. The molecule has 1 aromatic carbocycles. The van der Waals surface area contributed by atoms with Crippen LogP contribution in [0, 0.1) is 0 Å². The normalized spacial score (nSPS) is 11.2. The zero-order chi connectivity index (χ0) is 14.8. The van der Waals surface area contributed by atoms with Gasteiger partial charge in [-0.05, 0) is 24.3 Å². The Balaban J connectivity index is 2.19. The first-order valence-electron chi connectivity index (χ1n) is 5.38. The number of nitrogens with zero attached hydrogens (tertiary/aromatic N) is 2. The number of benzene rings is 1. The topological polar surface area (TPSA) is 84.0 Å². The summed E-state index contributed by atoms with van der Waals surface area (Å²) in [7, 11) is -3.38. The second-order valence-electron chi connectivity index (χ2n) is 3.90. The molecule has 0 aliphatic carbocycles. The Morgan fingerprint density at radius 3 is 2.05 bits per heavy atom. The molecule has 0 fully saturated rings. The average molecular weight is 333 g/mol. The molecular weight excluding hydrogens is 323 g/mol. The molecule has 20 heavy (non-hydrogen) atoms. The van der Waals surface area contributed by atoms with Crippen LogP contribution in [0.3, 0.4) is 0 Å². The van der Waals surface area contributed by atoms with Gasteiger partial charge in [0, 0.05) is 0 Å². The number of nitrogens with one attached hydrogen (secondary N) is 2. The van der Waals surface area contributed by atoms with E-state index in [9.17, 15) is 8.42 Å². The van der Waals surface area contributed by atoms with Gasteiger partial charge in [0.25, 0.3) is 0 Å². The molecule has 0 spiro atoms. The molecule has 0 aliphatic heterocycles. The summed E-state index contributed by atoms with van der Waals surface area (Å²) in [5.41, 5.74) is 0.508. The van der Waals surface area contributed by atoms with E-state index in [1.165, 1.54) is 6.07 Å². The summed E-state index contributed by atoms with van der Waals surface area (Å²) in [5, 5.41) is 11.4. The standard InChI is InChI=1S/C11H10Cl2N4O2S/c1-20(18,19)17-10-6-5-9(15-16-10)14-11-7(12)3-2-4-8(11)13/h2-6H,1H3,(H,14,15)(H,16,17). The smallest absolute Gasteiger partial charge is 0.231 e. The van der Waals surface area contributed by atoms with Crippen molar-refractivity contribution < 1.29 is 8.42 Å². The fourth-order valence-electron chi connectivity index (χ4n) is 1.39. The van der Waals surface area contributed by atoms with Crippen LogP contribution in [0.2, 0.25) is 10.0 Å². The molecule has 2 rings (SSSR count). The molecule has 0 amide bonds. The lowest BCUT2D eigenvalue weighted by molar-refractivity contribution is 0.606. The highest BCUT2D eigenvalue weighted by Gasteiger charge is 2.08. The van der Waals surface area contributed by atoms with E-state index in [1.54, 1.807) is 24.3 Å². The van der Waals surface area contributed by atoms with Crippen LogP contribution in [0.15, 0.2) is 30.3 Å². The van der Waals surface area contributed by atoms with Gasteiger partial charge in [0.2, 0.25) is 10.0 Å². The molecule has 0 bridgehead atoms. The van der Waals surface area contributed by atoms with Gasteiger partial charge in [-0.2, -0.15) is 0 Å². The Hall–Kier alpha value is -1.57. The minimum absolute atomic E-state index is 0.128. The first kappa shape index (κ1) is 14.8. The third-order valence-electron chi connectivity index (χ3n) is 2.17. The Labute approximate surface area is 126 Å². The number of halogens is 2. The highest BCUT2D eigenvalue weighted by Crippen LogP contribution is 2.31. The average Bonchev–Trinajstić information content (AvgIpc) is 2.34. The van der Waals surface area contributed by atoms with Crippen molar-refractivity contribution in [1.82, 2.24) is 10.2 Å². The largest absolute Gasteiger partial charge is 0.336 e. The quantitative estimate of drug-likeness (QED) is 0.899. The molecule has 0 saturated heterocycles. The van der Waals surface area contributed by atoms with Crippen molar-refractivity contribution in [3.05, 3.63) is 40.4 Å². The summed E-state index contributed by atoms with van der Waals surface area (Å²) >= 11 is 12.0. The number of aromatic nitrogens is 2. The molecule has 0 radical (unpaired) electrons. The predicted molar refractivity (Wildman–Crippen MR) is 80.2 cm³/mol. The van der Waals surface area contributed by atoms with Crippen LogP contribution in [0.25, 0.3) is 0 Å². The fraction of sp³-hybridized carbons (Fsp3) is 0.0909. The van der Waals surface area contributed by atoms with Crippen LogP contribution in [-0.4, -0.2) is 24.9 Å². The summed E-state index contributed by atoms with van der Waals surface area (Å²) in [5.74, 6) is 0.516. The highest BCUT2D eigenvalue weighted by molar-refractivity contribution is 7.92. The summed E-state index contributed by atoms with van der Waals surface area (Å²) in [4.78, 5) is 0. The van der Waals surface area contributed by atoms with Crippen LogP contribution in [0.5, 0.6) is 0 Å². The van der Waals surface area contributed by atoms with Crippen molar-refractivity contribution in [1.29, 1.82) is 0 Å². The van der Waals surface area contributed by atoms with E-state index >= 15 is 0 Å². The van der Waals surface area contributed by atoms with E-state index in [1.807, 2.05) is 0 Å². The van der Waals surface area contributed by atoms with Gasteiger partial charge in [0.05, 0.1) is 22.0 Å². The molecule has 1 heterocycles. The fourth-order valence-corrected chi connectivity index (χ4v) is 2.37. The molecule has 2 N–H and O–H groups in total. The second kappa shape index (κ2) is 5.82. The minimum Gasteiger partial charge on any atom is -0.336 e. The molecular formula is C11H10Cl2N4O2S. The van der Waals surface area contributed by atoms with Gasteiger partial charge < -0.3 is 5.32 Å². The van der Waals surface area contributed by atoms with Gasteiger partial charge in [-0.15, -0.1) is 10.2 Å². The third-order valence-corrected chi connectivity index (χ3v) is 3.38. The Morgan fingerprint density at radius 1 is 1.00 bits per heavy atom. The van der Waals surface area contributed by atoms with Crippen molar-refractivity contribution in [2.75, 3.05) is 16.3 Å². The molecule has 0 atom stereocenters. The van der Waals surface area contributed by atoms with Crippen LogP contribution in [-0.2, 0) is 10.0 Å². The SMILES string of the molecule is CS(=O)(=O)Nc1ccc(Nc2c(Cl)cccc2Cl)nn1. The first-order valence-corrected chi connectivity index (χ1v) is 8.02. The molecule has 6 nitrogen and oxygen atoms in total. The molecule has 0 saturated carbocycles.